The van der Waals surface area contributed by atoms with Crippen LogP contribution in [0.2, 0.25) is 0 Å². The number of amides is 1. The van der Waals surface area contributed by atoms with Crippen LogP contribution in [-0.4, -0.2) is 37.9 Å². The SMILES string of the molecule is Cc1ncn(CC(=O)Nc2cnn(CC3COc4ccccc4O3)c2)c(=O)c1C. The Morgan fingerprint density at radius 2 is 2.07 bits per heavy atom. The van der Waals surface area contributed by atoms with Crippen molar-refractivity contribution >= 4 is 11.6 Å². The molecule has 0 spiro atoms. The van der Waals surface area contributed by atoms with E-state index in [-0.39, 0.29) is 24.1 Å². The van der Waals surface area contributed by atoms with Crippen molar-refractivity contribution in [1.82, 2.24) is 19.3 Å². The third-order valence-corrected chi connectivity index (χ3v) is 4.70. The largest absolute Gasteiger partial charge is 0.486 e. The van der Waals surface area contributed by atoms with Gasteiger partial charge in [-0.1, -0.05) is 12.1 Å². The number of hydrogen-bond donors (Lipinski definition) is 1. The van der Waals surface area contributed by atoms with E-state index in [0.717, 1.165) is 5.75 Å². The molecule has 9 nitrogen and oxygen atoms in total. The van der Waals surface area contributed by atoms with Gasteiger partial charge in [-0.25, -0.2) is 4.98 Å². The quantitative estimate of drug-likeness (QED) is 0.703. The molecule has 0 saturated heterocycles. The highest BCUT2D eigenvalue weighted by molar-refractivity contribution is 5.90. The lowest BCUT2D eigenvalue weighted by molar-refractivity contribution is -0.116. The lowest BCUT2D eigenvalue weighted by Crippen LogP contribution is -2.33. The predicted octanol–water partition coefficient (Wildman–Crippen LogP) is 1.54. The highest BCUT2D eigenvalue weighted by Crippen LogP contribution is 2.31. The third-order valence-electron chi connectivity index (χ3n) is 4.70. The van der Waals surface area contributed by atoms with Crippen LogP contribution in [0.5, 0.6) is 11.5 Å². The molecule has 1 atom stereocenters. The van der Waals surface area contributed by atoms with Crippen LogP contribution < -0.4 is 20.3 Å². The van der Waals surface area contributed by atoms with E-state index < -0.39 is 0 Å². The van der Waals surface area contributed by atoms with Crippen molar-refractivity contribution in [2.45, 2.75) is 33.0 Å². The van der Waals surface area contributed by atoms with Gasteiger partial charge in [-0.2, -0.15) is 5.10 Å². The van der Waals surface area contributed by atoms with Crippen molar-refractivity contribution in [2.24, 2.45) is 0 Å². The summed E-state index contributed by atoms with van der Waals surface area (Å²) in [5.41, 5.74) is 1.50. The molecule has 2 aromatic heterocycles. The van der Waals surface area contributed by atoms with Gasteiger partial charge in [0, 0.05) is 17.5 Å². The first kappa shape index (κ1) is 18.7. The lowest BCUT2D eigenvalue weighted by Gasteiger charge is -2.26. The van der Waals surface area contributed by atoms with Crippen LogP contribution in [0.4, 0.5) is 5.69 Å². The standard InChI is InChI=1S/C20H21N5O4/c1-13-14(2)21-12-24(20(13)27)10-19(26)23-15-7-22-25(8-15)9-16-11-28-17-5-3-4-6-18(17)29-16/h3-8,12,16H,9-11H2,1-2H3,(H,23,26). The Bertz CT molecular complexity index is 1100. The van der Waals surface area contributed by atoms with E-state index in [0.29, 0.717) is 35.8 Å². The molecule has 1 aliphatic heterocycles. The summed E-state index contributed by atoms with van der Waals surface area (Å²) in [6.45, 7) is 4.23. The molecule has 4 rings (SSSR count). The van der Waals surface area contributed by atoms with Gasteiger partial charge >= 0.3 is 0 Å². The van der Waals surface area contributed by atoms with Gasteiger partial charge in [0.15, 0.2) is 17.6 Å². The Balaban J connectivity index is 1.35. The van der Waals surface area contributed by atoms with Crippen LogP contribution in [0.3, 0.4) is 0 Å². The van der Waals surface area contributed by atoms with Crippen LogP contribution in [0, 0.1) is 13.8 Å². The number of fused-ring (bicyclic) bond motifs is 1. The van der Waals surface area contributed by atoms with Gasteiger partial charge in [0.05, 0.1) is 24.8 Å². The molecule has 150 valence electrons. The van der Waals surface area contributed by atoms with Crippen LogP contribution in [0.25, 0.3) is 0 Å². The molecule has 3 aromatic rings. The second kappa shape index (κ2) is 7.78. The zero-order valence-electron chi connectivity index (χ0n) is 16.2. The smallest absolute Gasteiger partial charge is 0.256 e. The Morgan fingerprint density at radius 1 is 1.28 bits per heavy atom. The van der Waals surface area contributed by atoms with E-state index in [4.69, 9.17) is 9.47 Å². The monoisotopic (exact) mass is 395 g/mol. The van der Waals surface area contributed by atoms with E-state index in [2.05, 4.69) is 15.4 Å². The third kappa shape index (κ3) is 4.13. The first-order chi connectivity index (χ1) is 14.0. The zero-order chi connectivity index (χ0) is 20.4. The molecule has 1 amide bonds. The lowest BCUT2D eigenvalue weighted by atomic mass is 10.2. The molecular weight excluding hydrogens is 374 g/mol. The number of carbonyl (C=O) groups is 1. The highest BCUT2D eigenvalue weighted by atomic mass is 16.6. The van der Waals surface area contributed by atoms with E-state index in [9.17, 15) is 9.59 Å². The Hall–Kier alpha value is -3.62. The molecule has 0 bridgehead atoms. The summed E-state index contributed by atoms with van der Waals surface area (Å²) in [7, 11) is 0. The van der Waals surface area contributed by atoms with Crippen molar-refractivity contribution < 1.29 is 14.3 Å². The normalized spacial score (nSPS) is 15.2. The molecule has 0 fully saturated rings. The number of ether oxygens (including phenoxy) is 2. The number of nitrogens with zero attached hydrogens (tertiary/aromatic N) is 4. The minimum atomic E-state index is -0.331. The summed E-state index contributed by atoms with van der Waals surface area (Å²) in [5.74, 6) is 1.10. The van der Waals surface area contributed by atoms with Gasteiger partial charge in [-0.15, -0.1) is 0 Å². The number of aryl methyl sites for hydroxylation is 1. The fraction of sp³-hybridized carbons (Fsp3) is 0.300. The maximum atomic E-state index is 12.3. The van der Waals surface area contributed by atoms with Crippen LogP contribution in [0.15, 0.2) is 47.8 Å². The molecule has 3 heterocycles. The second-order valence-corrected chi connectivity index (χ2v) is 6.88. The summed E-state index contributed by atoms with van der Waals surface area (Å²) in [6.07, 6.45) is 4.46. The first-order valence-corrected chi connectivity index (χ1v) is 9.23. The summed E-state index contributed by atoms with van der Waals surface area (Å²) in [6, 6.07) is 7.51. The minimum Gasteiger partial charge on any atom is -0.486 e. The fourth-order valence-corrected chi connectivity index (χ4v) is 3.03. The number of rotatable bonds is 5. The van der Waals surface area contributed by atoms with Crippen molar-refractivity contribution in [3.8, 4) is 11.5 Å². The van der Waals surface area contributed by atoms with Crippen LogP contribution in [0.1, 0.15) is 11.3 Å². The molecular formula is C20H21N5O4. The number of benzene rings is 1. The molecule has 0 saturated carbocycles. The van der Waals surface area contributed by atoms with Crippen molar-refractivity contribution in [2.75, 3.05) is 11.9 Å². The number of para-hydroxylation sites is 2. The second-order valence-electron chi connectivity index (χ2n) is 6.88. The Morgan fingerprint density at radius 3 is 2.90 bits per heavy atom. The predicted molar refractivity (Wildman–Crippen MR) is 105 cm³/mol. The number of carbonyl (C=O) groups excluding carboxylic acids is 1. The maximum Gasteiger partial charge on any atom is 0.256 e. The molecule has 1 aliphatic rings. The molecule has 1 unspecified atom stereocenters. The maximum absolute atomic E-state index is 12.3. The Kier molecular flexibility index (Phi) is 5.03. The van der Waals surface area contributed by atoms with E-state index >= 15 is 0 Å². The van der Waals surface area contributed by atoms with Gasteiger partial charge in [0.1, 0.15) is 13.2 Å². The van der Waals surface area contributed by atoms with Gasteiger partial charge in [-0.3, -0.25) is 18.8 Å². The molecule has 29 heavy (non-hydrogen) atoms. The van der Waals surface area contributed by atoms with Crippen molar-refractivity contribution in [3.05, 3.63) is 64.6 Å². The topological polar surface area (TPSA) is 100 Å². The fourth-order valence-electron chi connectivity index (χ4n) is 3.03. The average Bonchev–Trinajstić information content (AvgIpc) is 3.15. The first-order valence-electron chi connectivity index (χ1n) is 9.23. The molecule has 1 aromatic carbocycles. The number of anilines is 1. The molecule has 0 radical (unpaired) electrons. The number of aromatic nitrogens is 4. The van der Waals surface area contributed by atoms with E-state index in [1.54, 1.807) is 30.9 Å². The van der Waals surface area contributed by atoms with Gasteiger partial charge < -0.3 is 14.8 Å². The van der Waals surface area contributed by atoms with Gasteiger partial charge in [0.25, 0.3) is 5.56 Å². The summed E-state index contributed by atoms with van der Waals surface area (Å²) < 4.78 is 14.6. The number of hydrogen-bond acceptors (Lipinski definition) is 6. The van der Waals surface area contributed by atoms with Crippen molar-refractivity contribution in [3.63, 3.8) is 0 Å². The van der Waals surface area contributed by atoms with E-state index in [1.807, 2.05) is 24.3 Å². The van der Waals surface area contributed by atoms with Crippen molar-refractivity contribution in [1.29, 1.82) is 0 Å². The summed E-state index contributed by atoms with van der Waals surface area (Å²) in [5, 5.41) is 7.00. The number of nitrogens with one attached hydrogen (secondary N) is 1. The zero-order valence-corrected chi connectivity index (χ0v) is 16.2. The van der Waals surface area contributed by atoms with Gasteiger partial charge in [-0.05, 0) is 26.0 Å². The van der Waals surface area contributed by atoms with Crippen LogP contribution >= 0.6 is 0 Å². The molecule has 0 aliphatic carbocycles. The van der Waals surface area contributed by atoms with Crippen LogP contribution in [-0.2, 0) is 17.9 Å². The summed E-state index contributed by atoms with van der Waals surface area (Å²) in [4.78, 5) is 28.6. The average molecular weight is 395 g/mol. The molecule has 9 heteroatoms. The van der Waals surface area contributed by atoms with Gasteiger partial charge in [0.2, 0.25) is 5.91 Å². The molecule has 1 N–H and O–H groups in total. The Labute approximate surface area is 166 Å². The van der Waals surface area contributed by atoms with E-state index in [1.165, 1.54) is 10.9 Å². The highest BCUT2D eigenvalue weighted by Gasteiger charge is 2.21. The minimum absolute atomic E-state index is 0.117. The summed E-state index contributed by atoms with van der Waals surface area (Å²) >= 11 is 0.